The second-order valence-electron chi connectivity index (χ2n) is 8.98. The zero-order valence-corrected chi connectivity index (χ0v) is 22.7. The van der Waals surface area contributed by atoms with Crippen LogP contribution >= 0.6 is 34.5 Å². The summed E-state index contributed by atoms with van der Waals surface area (Å²) in [6, 6.07) is 22.2. The lowest BCUT2D eigenvalue weighted by Crippen LogP contribution is -2.40. The van der Waals surface area contributed by atoms with Gasteiger partial charge in [0, 0.05) is 45.7 Å². The van der Waals surface area contributed by atoms with Crippen LogP contribution in [0.4, 0.5) is 5.69 Å². The summed E-state index contributed by atoms with van der Waals surface area (Å²) in [7, 11) is 0. The van der Waals surface area contributed by atoms with E-state index in [1.807, 2.05) is 53.4 Å². The number of likely N-dealkylation sites (tertiary alicyclic amines) is 1. The van der Waals surface area contributed by atoms with Crippen LogP contribution in [0.15, 0.2) is 78.2 Å². The summed E-state index contributed by atoms with van der Waals surface area (Å²) in [4.78, 5) is 32.1. The number of ether oxygens (including phenoxy) is 1. The minimum atomic E-state index is -0.250. The Labute approximate surface area is 235 Å². The van der Waals surface area contributed by atoms with Crippen LogP contribution in [-0.4, -0.2) is 41.4 Å². The fraction of sp³-hybridized carbons (Fsp3) is 0.207. The van der Waals surface area contributed by atoms with Gasteiger partial charge in [0.1, 0.15) is 11.4 Å². The van der Waals surface area contributed by atoms with E-state index in [9.17, 15) is 9.59 Å². The molecule has 2 heterocycles. The monoisotopic (exact) mass is 565 g/mol. The van der Waals surface area contributed by atoms with Crippen molar-refractivity contribution >= 4 is 52.0 Å². The van der Waals surface area contributed by atoms with Crippen molar-refractivity contribution in [3.8, 4) is 16.9 Å². The number of rotatable bonds is 7. The normalized spacial score (nSPS) is 13.8. The van der Waals surface area contributed by atoms with Crippen LogP contribution in [-0.2, 0) is 4.79 Å². The average molecular weight is 567 g/mol. The van der Waals surface area contributed by atoms with Crippen molar-refractivity contribution in [2.75, 3.05) is 25.0 Å². The molecule has 0 saturated carbocycles. The van der Waals surface area contributed by atoms with Crippen molar-refractivity contribution in [1.29, 1.82) is 0 Å². The molecule has 0 bridgehead atoms. The first kappa shape index (κ1) is 26.2. The molecule has 1 aliphatic rings. The van der Waals surface area contributed by atoms with Gasteiger partial charge >= 0.3 is 0 Å². The van der Waals surface area contributed by atoms with Crippen LogP contribution in [0, 0.1) is 0 Å². The van der Waals surface area contributed by atoms with Gasteiger partial charge in [-0.15, -0.1) is 11.3 Å². The lowest BCUT2D eigenvalue weighted by molar-refractivity contribution is -0.134. The van der Waals surface area contributed by atoms with Crippen LogP contribution in [0.5, 0.6) is 5.75 Å². The molecule has 1 aromatic heterocycles. The Morgan fingerprint density at radius 3 is 2.50 bits per heavy atom. The van der Waals surface area contributed by atoms with Gasteiger partial charge in [0.05, 0.1) is 5.01 Å². The van der Waals surface area contributed by atoms with E-state index < -0.39 is 0 Å². The molecule has 2 amide bonds. The largest absolute Gasteiger partial charge is 0.484 e. The topological polar surface area (TPSA) is 71.5 Å². The quantitative estimate of drug-likeness (QED) is 0.258. The molecule has 1 saturated heterocycles. The number of amides is 2. The van der Waals surface area contributed by atoms with Gasteiger partial charge in [-0.3, -0.25) is 9.59 Å². The number of carbonyl (C=O) groups is 2. The van der Waals surface area contributed by atoms with Crippen molar-refractivity contribution in [3.05, 3.63) is 98.9 Å². The highest BCUT2D eigenvalue weighted by molar-refractivity contribution is 7.10. The summed E-state index contributed by atoms with van der Waals surface area (Å²) in [6.07, 6.45) is 1.58. The maximum atomic E-state index is 13.0. The van der Waals surface area contributed by atoms with Crippen LogP contribution in [0.25, 0.3) is 11.1 Å². The van der Waals surface area contributed by atoms with Crippen molar-refractivity contribution in [2.24, 2.45) is 0 Å². The summed E-state index contributed by atoms with van der Waals surface area (Å²) in [5, 5.41) is 6.95. The minimum Gasteiger partial charge on any atom is -0.484 e. The van der Waals surface area contributed by atoms with Gasteiger partial charge in [-0.2, -0.15) is 0 Å². The molecule has 38 heavy (non-hydrogen) atoms. The predicted molar refractivity (Wildman–Crippen MR) is 152 cm³/mol. The summed E-state index contributed by atoms with van der Waals surface area (Å²) >= 11 is 13.5. The lowest BCUT2D eigenvalue weighted by atomic mass is 9.97. The SMILES string of the molecule is O=C(Nc1ccccc1-c1ccc(Cl)cc1)c1csc(C2CCN(C(=O)COc3cccc(Cl)c3)CC2)n1. The third-order valence-corrected chi connectivity index (χ3v) is 7.93. The Hall–Kier alpha value is -3.39. The number of thiazole rings is 1. The van der Waals surface area contributed by atoms with Gasteiger partial charge < -0.3 is 15.0 Å². The van der Waals surface area contributed by atoms with E-state index in [4.69, 9.17) is 27.9 Å². The summed E-state index contributed by atoms with van der Waals surface area (Å²) in [5.74, 6) is 0.479. The highest BCUT2D eigenvalue weighted by Gasteiger charge is 2.26. The highest BCUT2D eigenvalue weighted by Crippen LogP contribution is 2.32. The number of anilines is 1. The highest BCUT2D eigenvalue weighted by atomic mass is 35.5. The van der Waals surface area contributed by atoms with Crippen LogP contribution in [0.1, 0.15) is 34.3 Å². The molecule has 1 aliphatic heterocycles. The van der Waals surface area contributed by atoms with E-state index in [1.165, 1.54) is 11.3 Å². The van der Waals surface area contributed by atoms with Gasteiger partial charge in [-0.05, 0) is 54.8 Å². The molecule has 9 heteroatoms. The first-order valence-corrected chi connectivity index (χ1v) is 13.9. The Morgan fingerprint density at radius 1 is 0.974 bits per heavy atom. The Balaban J connectivity index is 1.16. The fourth-order valence-corrected chi connectivity index (χ4v) is 5.69. The van der Waals surface area contributed by atoms with E-state index in [-0.39, 0.29) is 24.3 Å². The molecule has 6 nitrogen and oxygen atoms in total. The number of hydrogen-bond donors (Lipinski definition) is 1. The van der Waals surface area contributed by atoms with Crippen LogP contribution < -0.4 is 10.1 Å². The number of carbonyl (C=O) groups excluding carboxylic acids is 2. The maximum Gasteiger partial charge on any atom is 0.275 e. The van der Waals surface area contributed by atoms with E-state index in [2.05, 4.69) is 10.3 Å². The van der Waals surface area contributed by atoms with Crippen molar-refractivity contribution in [2.45, 2.75) is 18.8 Å². The number of hydrogen-bond acceptors (Lipinski definition) is 5. The third kappa shape index (κ3) is 6.35. The zero-order valence-electron chi connectivity index (χ0n) is 20.4. The first-order valence-electron chi connectivity index (χ1n) is 12.2. The Bertz CT molecular complexity index is 1430. The standard InChI is InChI=1S/C29H25Cl2N3O3S/c30-21-10-8-19(9-11-21)24-6-1-2-7-25(24)32-28(36)26-18-38-29(33-26)20-12-14-34(15-13-20)27(35)17-37-23-5-3-4-22(31)16-23/h1-11,16,18,20H,12-15,17H2,(H,32,36). The minimum absolute atomic E-state index is 0.0237. The second kappa shape index (κ2) is 12.0. The molecule has 0 spiro atoms. The first-order chi connectivity index (χ1) is 18.5. The molecule has 1 N–H and O–H groups in total. The Morgan fingerprint density at radius 2 is 1.74 bits per heavy atom. The fourth-order valence-electron chi connectivity index (χ4n) is 4.41. The maximum absolute atomic E-state index is 13.0. The van der Waals surface area contributed by atoms with E-state index in [0.717, 1.165) is 29.0 Å². The molecule has 3 aromatic carbocycles. The van der Waals surface area contributed by atoms with Crippen LogP contribution in [0.2, 0.25) is 10.0 Å². The predicted octanol–water partition coefficient (Wildman–Crippen LogP) is 7.15. The molecule has 0 atom stereocenters. The summed E-state index contributed by atoms with van der Waals surface area (Å²) in [5.41, 5.74) is 2.97. The van der Waals surface area contributed by atoms with Gasteiger partial charge in [0.2, 0.25) is 0 Å². The lowest BCUT2D eigenvalue weighted by Gasteiger charge is -2.31. The van der Waals surface area contributed by atoms with Crippen molar-refractivity contribution < 1.29 is 14.3 Å². The van der Waals surface area contributed by atoms with Crippen molar-refractivity contribution in [3.63, 3.8) is 0 Å². The molecule has 5 rings (SSSR count). The number of aromatic nitrogens is 1. The zero-order chi connectivity index (χ0) is 26.5. The molecule has 4 aromatic rings. The molecule has 0 aliphatic carbocycles. The van der Waals surface area contributed by atoms with Crippen molar-refractivity contribution in [1.82, 2.24) is 9.88 Å². The molecule has 0 radical (unpaired) electrons. The number of para-hydroxylation sites is 1. The van der Waals surface area contributed by atoms with Gasteiger partial charge in [-0.25, -0.2) is 4.98 Å². The van der Waals surface area contributed by atoms with E-state index in [0.29, 0.717) is 40.3 Å². The molecule has 1 fully saturated rings. The van der Waals surface area contributed by atoms with E-state index in [1.54, 1.807) is 29.6 Å². The second-order valence-corrected chi connectivity index (χ2v) is 10.7. The summed E-state index contributed by atoms with van der Waals surface area (Å²) < 4.78 is 5.60. The number of piperidine rings is 1. The molecular weight excluding hydrogens is 541 g/mol. The number of halogens is 2. The number of benzene rings is 3. The van der Waals surface area contributed by atoms with Gasteiger partial charge in [-0.1, -0.05) is 59.6 Å². The molecular formula is C29H25Cl2N3O3S. The summed E-state index contributed by atoms with van der Waals surface area (Å²) in [6.45, 7) is 1.22. The third-order valence-electron chi connectivity index (χ3n) is 6.44. The Kier molecular flexibility index (Phi) is 8.27. The molecule has 0 unspecified atom stereocenters. The smallest absolute Gasteiger partial charge is 0.275 e. The number of nitrogens with zero attached hydrogens (tertiary/aromatic N) is 2. The van der Waals surface area contributed by atoms with Gasteiger partial charge in [0.25, 0.3) is 11.8 Å². The van der Waals surface area contributed by atoms with E-state index >= 15 is 0 Å². The van der Waals surface area contributed by atoms with Crippen LogP contribution in [0.3, 0.4) is 0 Å². The average Bonchev–Trinajstić information content (AvgIpc) is 3.43. The number of nitrogens with one attached hydrogen (secondary N) is 1. The van der Waals surface area contributed by atoms with Gasteiger partial charge in [0.15, 0.2) is 6.61 Å². The molecule has 194 valence electrons.